The molecule has 2 heterocycles. The first-order chi connectivity index (χ1) is 14.7. The maximum absolute atomic E-state index is 13.4. The number of aromatic nitrogens is 1. The second kappa shape index (κ2) is 8.38. The molecule has 1 fully saturated rings. The van der Waals surface area contributed by atoms with Crippen LogP contribution in [0.5, 0.6) is 0 Å². The van der Waals surface area contributed by atoms with Gasteiger partial charge in [0.2, 0.25) is 5.91 Å². The number of nitrogens with one attached hydrogen (secondary N) is 1. The van der Waals surface area contributed by atoms with Crippen molar-refractivity contribution in [2.45, 2.75) is 25.9 Å². The van der Waals surface area contributed by atoms with E-state index < -0.39 is 11.7 Å². The monoisotopic (exact) mass is 447 g/mol. The lowest BCUT2D eigenvalue weighted by atomic mass is 9.94. The van der Waals surface area contributed by atoms with E-state index in [1.807, 2.05) is 31.2 Å². The third-order valence-electron chi connectivity index (χ3n) is 5.73. The van der Waals surface area contributed by atoms with E-state index in [2.05, 4.69) is 10.3 Å². The first-order valence-corrected chi connectivity index (χ1v) is 10.4. The van der Waals surface area contributed by atoms with Crippen molar-refractivity contribution in [2.24, 2.45) is 5.92 Å². The van der Waals surface area contributed by atoms with Crippen LogP contribution in [0.3, 0.4) is 0 Å². The van der Waals surface area contributed by atoms with Crippen molar-refractivity contribution in [3.63, 3.8) is 0 Å². The van der Waals surface area contributed by atoms with Crippen molar-refractivity contribution < 1.29 is 18.0 Å². The summed E-state index contributed by atoms with van der Waals surface area (Å²) in [6.45, 7) is 2.64. The molecule has 162 valence electrons. The number of carbonyl (C=O) groups is 1. The summed E-state index contributed by atoms with van der Waals surface area (Å²) in [7, 11) is 0. The van der Waals surface area contributed by atoms with Gasteiger partial charge in [-0.3, -0.25) is 9.78 Å². The number of rotatable bonds is 3. The van der Waals surface area contributed by atoms with E-state index in [0.717, 1.165) is 22.5 Å². The fraction of sp³-hybridized carbons (Fsp3) is 0.304. The summed E-state index contributed by atoms with van der Waals surface area (Å²) in [5.41, 5.74) is 0.952. The molecule has 0 bridgehead atoms. The molecule has 0 aliphatic carbocycles. The van der Waals surface area contributed by atoms with Gasteiger partial charge in [0, 0.05) is 58.1 Å². The van der Waals surface area contributed by atoms with Gasteiger partial charge in [0.15, 0.2) is 0 Å². The smallest absolute Gasteiger partial charge is 0.371 e. The van der Waals surface area contributed by atoms with Crippen molar-refractivity contribution in [3.05, 3.63) is 64.9 Å². The fourth-order valence-corrected chi connectivity index (χ4v) is 4.26. The number of fused-ring (bicyclic) bond motifs is 1. The molecular weight excluding hydrogens is 427 g/mol. The van der Waals surface area contributed by atoms with Crippen molar-refractivity contribution in [2.75, 3.05) is 23.3 Å². The van der Waals surface area contributed by atoms with Crippen LogP contribution in [0.1, 0.15) is 24.1 Å². The van der Waals surface area contributed by atoms with E-state index in [4.69, 9.17) is 11.6 Å². The number of piperidine rings is 1. The third kappa shape index (κ3) is 4.46. The molecule has 0 saturated carbocycles. The van der Waals surface area contributed by atoms with Crippen molar-refractivity contribution in [1.29, 1.82) is 0 Å². The molecule has 0 unspecified atom stereocenters. The van der Waals surface area contributed by atoms with Crippen LogP contribution in [-0.2, 0) is 11.0 Å². The Hall–Kier alpha value is -2.80. The van der Waals surface area contributed by atoms with Crippen LogP contribution < -0.4 is 10.2 Å². The highest BCUT2D eigenvalue weighted by molar-refractivity contribution is 6.30. The standard InChI is InChI=1S/C23H21ClF3N3O/c1-14-17-3-2-4-20(18(17)7-10-28-14)29-22(31)15-8-11-30(12-9-15)21-6-5-16(24)13-19(21)23(25,26)27/h2-7,10,13,15H,8-9,11-12H2,1H3,(H,29,31). The van der Waals surface area contributed by atoms with Gasteiger partial charge in [0.25, 0.3) is 0 Å². The average molecular weight is 448 g/mol. The summed E-state index contributed by atoms with van der Waals surface area (Å²) < 4.78 is 40.3. The minimum absolute atomic E-state index is 0.0471. The highest BCUT2D eigenvalue weighted by Gasteiger charge is 2.36. The molecule has 1 aliphatic heterocycles. The summed E-state index contributed by atoms with van der Waals surface area (Å²) in [6.07, 6.45) is -1.85. The van der Waals surface area contributed by atoms with E-state index in [-0.39, 0.29) is 22.5 Å². The number of halogens is 4. The molecule has 1 saturated heterocycles. The number of benzene rings is 2. The minimum atomic E-state index is -4.49. The second-order valence-corrected chi connectivity index (χ2v) is 8.14. The molecule has 1 amide bonds. The van der Waals surface area contributed by atoms with E-state index >= 15 is 0 Å². The maximum Gasteiger partial charge on any atom is 0.418 e. The Morgan fingerprint density at radius 3 is 2.58 bits per heavy atom. The lowest BCUT2D eigenvalue weighted by Gasteiger charge is -2.34. The van der Waals surface area contributed by atoms with Gasteiger partial charge in [-0.2, -0.15) is 13.2 Å². The molecule has 8 heteroatoms. The van der Waals surface area contributed by atoms with E-state index in [1.165, 1.54) is 12.1 Å². The topological polar surface area (TPSA) is 45.2 Å². The van der Waals surface area contributed by atoms with Crippen molar-refractivity contribution in [1.82, 2.24) is 4.98 Å². The van der Waals surface area contributed by atoms with E-state index in [0.29, 0.717) is 31.6 Å². The molecule has 4 nitrogen and oxygen atoms in total. The van der Waals surface area contributed by atoms with Gasteiger partial charge in [-0.05, 0) is 50.1 Å². The van der Waals surface area contributed by atoms with Gasteiger partial charge < -0.3 is 10.2 Å². The number of alkyl halides is 3. The van der Waals surface area contributed by atoms with Crippen LogP contribution >= 0.6 is 11.6 Å². The van der Waals surface area contributed by atoms with Crippen molar-refractivity contribution in [3.8, 4) is 0 Å². The summed E-state index contributed by atoms with van der Waals surface area (Å²) >= 11 is 5.78. The second-order valence-electron chi connectivity index (χ2n) is 7.71. The van der Waals surface area contributed by atoms with Crippen LogP contribution in [-0.4, -0.2) is 24.0 Å². The zero-order valence-corrected chi connectivity index (χ0v) is 17.6. The molecule has 4 rings (SSSR count). The number of hydrogen-bond acceptors (Lipinski definition) is 3. The van der Waals surface area contributed by atoms with Crippen molar-refractivity contribution >= 4 is 39.7 Å². The summed E-state index contributed by atoms with van der Waals surface area (Å²) in [6, 6.07) is 11.3. The number of nitrogens with zero attached hydrogens (tertiary/aromatic N) is 2. The quantitative estimate of drug-likeness (QED) is 0.530. The largest absolute Gasteiger partial charge is 0.418 e. The number of pyridine rings is 1. The molecular formula is C23H21ClF3N3O. The van der Waals surface area contributed by atoms with E-state index in [9.17, 15) is 18.0 Å². The number of carbonyl (C=O) groups excluding carboxylic acids is 1. The number of hydrogen-bond donors (Lipinski definition) is 1. The van der Waals surface area contributed by atoms with Gasteiger partial charge in [-0.1, -0.05) is 23.7 Å². The Balaban J connectivity index is 1.47. The minimum Gasteiger partial charge on any atom is -0.371 e. The van der Waals surface area contributed by atoms with Gasteiger partial charge in [0.05, 0.1) is 5.56 Å². The number of aryl methyl sites for hydroxylation is 1. The van der Waals surface area contributed by atoms with Crippen LogP contribution in [0.2, 0.25) is 5.02 Å². The van der Waals surface area contributed by atoms with Crippen LogP contribution in [0.4, 0.5) is 24.5 Å². The Labute approximate surface area is 183 Å². The highest BCUT2D eigenvalue weighted by atomic mass is 35.5. The molecule has 1 aliphatic rings. The Bertz CT molecular complexity index is 1120. The summed E-state index contributed by atoms with van der Waals surface area (Å²) in [5.74, 6) is -0.384. The predicted molar refractivity (Wildman–Crippen MR) is 117 cm³/mol. The molecule has 0 radical (unpaired) electrons. The highest BCUT2D eigenvalue weighted by Crippen LogP contribution is 2.39. The predicted octanol–water partition coefficient (Wildman–Crippen LogP) is 6.07. The lowest BCUT2D eigenvalue weighted by molar-refractivity contribution is -0.137. The maximum atomic E-state index is 13.4. The van der Waals surface area contributed by atoms with Gasteiger partial charge >= 0.3 is 6.18 Å². The molecule has 31 heavy (non-hydrogen) atoms. The Morgan fingerprint density at radius 2 is 1.87 bits per heavy atom. The molecule has 0 spiro atoms. The normalized spacial score (nSPS) is 15.3. The number of anilines is 2. The Morgan fingerprint density at radius 1 is 1.13 bits per heavy atom. The zero-order valence-electron chi connectivity index (χ0n) is 16.8. The average Bonchev–Trinajstić information content (AvgIpc) is 2.74. The Kier molecular flexibility index (Phi) is 5.79. The first-order valence-electron chi connectivity index (χ1n) is 10.0. The zero-order chi connectivity index (χ0) is 22.2. The van der Waals surface area contributed by atoms with E-state index in [1.54, 1.807) is 11.1 Å². The van der Waals surface area contributed by atoms with Crippen LogP contribution in [0.15, 0.2) is 48.7 Å². The van der Waals surface area contributed by atoms with Crippen LogP contribution in [0.25, 0.3) is 10.8 Å². The van der Waals surface area contributed by atoms with Crippen LogP contribution in [0, 0.1) is 12.8 Å². The number of amides is 1. The fourth-order valence-electron chi connectivity index (χ4n) is 4.09. The summed E-state index contributed by atoms with van der Waals surface area (Å²) in [4.78, 5) is 18.8. The molecule has 3 aromatic rings. The summed E-state index contributed by atoms with van der Waals surface area (Å²) in [5, 5.41) is 4.93. The molecule has 1 aromatic heterocycles. The SMILES string of the molecule is Cc1nccc2c(NC(=O)C3CCN(c4ccc(Cl)cc4C(F)(F)F)CC3)cccc12. The lowest BCUT2D eigenvalue weighted by Crippen LogP contribution is -2.39. The molecule has 2 aromatic carbocycles. The van der Waals surface area contributed by atoms with Gasteiger partial charge in [0.1, 0.15) is 0 Å². The van der Waals surface area contributed by atoms with Gasteiger partial charge in [-0.25, -0.2) is 0 Å². The first kappa shape index (κ1) is 21.4. The molecule has 0 atom stereocenters. The molecule has 1 N–H and O–H groups in total. The van der Waals surface area contributed by atoms with Gasteiger partial charge in [-0.15, -0.1) is 0 Å². The third-order valence-corrected chi connectivity index (χ3v) is 5.97.